The Bertz CT molecular complexity index is 866. The topological polar surface area (TPSA) is 60.2 Å². The number of hydrogen-bond donors (Lipinski definition) is 1. The average molecular weight is 368 g/mol. The molecular weight excluding hydrogens is 346 g/mol. The van der Waals surface area contributed by atoms with E-state index in [1.807, 2.05) is 30.3 Å². The van der Waals surface area contributed by atoms with Crippen LogP contribution in [0.1, 0.15) is 48.1 Å². The van der Waals surface area contributed by atoms with Gasteiger partial charge in [0.15, 0.2) is 0 Å². The smallest absolute Gasteiger partial charge is 0.146 e. The maximum absolute atomic E-state index is 11.1. The second-order valence-corrected chi connectivity index (χ2v) is 7.69. The molecule has 1 saturated heterocycles. The zero-order chi connectivity index (χ0) is 18.1. The molecule has 2 aliphatic rings. The molecule has 2 aromatic rings. The molecule has 1 aliphatic heterocycles. The number of hydrogen-bond acceptors (Lipinski definition) is 4. The molecule has 4 rings (SSSR count). The van der Waals surface area contributed by atoms with Gasteiger partial charge in [-0.05, 0) is 56.2 Å². The summed E-state index contributed by atoms with van der Waals surface area (Å²) in [6.45, 7) is 1.31. The van der Waals surface area contributed by atoms with Gasteiger partial charge in [0.05, 0.1) is 11.2 Å². The normalized spacial score (nSPS) is 18.9. The number of halogens is 1. The summed E-state index contributed by atoms with van der Waals surface area (Å²) < 4.78 is 0. The van der Waals surface area contributed by atoms with Gasteiger partial charge in [-0.15, -0.1) is 0 Å². The number of fused-ring (bicyclic) bond motifs is 1. The van der Waals surface area contributed by atoms with Crippen molar-refractivity contribution >= 4 is 17.4 Å². The van der Waals surface area contributed by atoms with Crippen molar-refractivity contribution in [2.75, 3.05) is 18.0 Å². The molecule has 134 valence electrons. The van der Waals surface area contributed by atoms with Gasteiger partial charge < -0.3 is 10.0 Å². The summed E-state index contributed by atoms with van der Waals surface area (Å²) in [5.74, 6) is 0.773. The van der Waals surface area contributed by atoms with Gasteiger partial charge in [-0.1, -0.05) is 29.8 Å². The number of nitrogens with zero attached hydrogens (tertiary/aromatic N) is 3. The Labute approximate surface area is 159 Å². The van der Waals surface area contributed by atoms with Crippen LogP contribution >= 0.6 is 11.6 Å². The van der Waals surface area contributed by atoms with Crippen LogP contribution in [0.3, 0.4) is 0 Å². The highest BCUT2D eigenvalue weighted by Crippen LogP contribution is 2.38. The molecule has 5 heteroatoms. The Balaban J connectivity index is 1.59. The van der Waals surface area contributed by atoms with Gasteiger partial charge >= 0.3 is 0 Å². The number of aliphatic hydroxyl groups is 1. The maximum Gasteiger partial charge on any atom is 0.146 e. The van der Waals surface area contributed by atoms with Crippen molar-refractivity contribution in [3.63, 3.8) is 0 Å². The van der Waals surface area contributed by atoms with Crippen molar-refractivity contribution in [2.24, 2.45) is 0 Å². The molecule has 0 unspecified atom stereocenters. The lowest BCUT2D eigenvalue weighted by Gasteiger charge is -2.40. The summed E-state index contributed by atoms with van der Waals surface area (Å²) in [5, 5.41) is 21.3. The van der Waals surface area contributed by atoms with Crippen LogP contribution in [0.25, 0.3) is 0 Å². The minimum atomic E-state index is -0.921. The molecule has 1 fully saturated rings. The molecule has 4 nitrogen and oxygen atoms in total. The molecule has 0 radical (unpaired) electrons. The number of aryl methyl sites for hydroxylation is 2. The second-order valence-electron chi connectivity index (χ2n) is 7.28. The number of anilines is 1. The predicted molar refractivity (Wildman–Crippen MR) is 102 cm³/mol. The van der Waals surface area contributed by atoms with E-state index in [0.29, 0.717) is 36.5 Å². The fraction of sp³-hybridized carbons (Fsp3) is 0.429. The quantitative estimate of drug-likeness (QED) is 0.872. The summed E-state index contributed by atoms with van der Waals surface area (Å²) in [6.07, 6.45) is 5.49. The van der Waals surface area contributed by atoms with Gasteiger partial charge in [0.2, 0.25) is 0 Å². The molecule has 0 atom stereocenters. The molecule has 0 bridgehead atoms. The van der Waals surface area contributed by atoms with E-state index in [0.717, 1.165) is 36.3 Å². The van der Waals surface area contributed by atoms with E-state index in [4.69, 9.17) is 16.6 Å². The molecule has 1 aromatic heterocycles. The number of rotatable bonds is 2. The number of nitriles is 1. The zero-order valence-corrected chi connectivity index (χ0v) is 15.5. The first-order valence-electron chi connectivity index (χ1n) is 9.26. The maximum atomic E-state index is 11.1. The number of benzene rings is 1. The molecule has 0 spiro atoms. The first kappa shape index (κ1) is 17.3. The van der Waals surface area contributed by atoms with Crippen molar-refractivity contribution in [3.8, 4) is 6.07 Å². The molecular formula is C21H22ClN3O. The van der Waals surface area contributed by atoms with Crippen LogP contribution in [0, 0.1) is 11.3 Å². The third kappa shape index (κ3) is 3.06. The van der Waals surface area contributed by atoms with Crippen LogP contribution in [-0.4, -0.2) is 23.2 Å². The van der Waals surface area contributed by atoms with Crippen molar-refractivity contribution in [3.05, 3.63) is 57.7 Å². The lowest BCUT2D eigenvalue weighted by Crippen LogP contribution is -2.43. The molecule has 1 aliphatic carbocycles. The summed E-state index contributed by atoms with van der Waals surface area (Å²) in [7, 11) is 0. The third-order valence-electron chi connectivity index (χ3n) is 5.67. The lowest BCUT2D eigenvalue weighted by atomic mass is 9.84. The van der Waals surface area contributed by atoms with E-state index in [9.17, 15) is 10.4 Å². The Morgan fingerprint density at radius 3 is 2.62 bits per heavy atom. The van der Waals surface area contributed by atoms with Gasteiger partial charge in [0.1, 0.15) is 11.9 Å². The standard InChI is InChI=1S/C21H22ClN3O/c22-18-7-3-2-6-17(18)21(26)9-11-25(12-10-21)20-16(14-23)13-15-5-1-4-8-19(15)24-20/h2-3,6-7,13,26H,1,4-5,8-12H2. The zero-order valence-electron chi connectivity index (χ0n) is 14.7. The van der Waals surface area contributed by atoms with Crippen LogP contribution < -0.4 is 4.90 Å². The van der Waals surface area contributed by atoms with Crippen molar-refractivity contribution in [1.29, 1.82) is 5.26 Å². The second kappa shape index (κ2) is 6.90. The molecule has 1 N–H and O–H groups in total. The average Bonchev–Trinajstić information content (AvgIpc) is 2.68. The van der Waals surface area contributed by atoms with E-state index in [2.05, 4.69) is 11.0 Å². The molecule has 2 heterocycles. The Morgan fingerprint density at radius 2 is 1.88 bits per heavy atom. The first-order chi connectivity index (χ1) is 12.6. The monoisotopic (exact) mass is 367 g/mol. The molecule has 0 amide bonds. The molecule has 26 heavy (non-hydrogen) atoms. The summed E-state index contributed by atoms with van der Waals surface area (Å²) in [5.41, 5.74) is 2.88. The summed E-state index contributed by atoms with van der Waals surface area (Å²) in [6, 6.07) is 11.8. The van der Waals surface area contributed by atoms with E-state index >= 15 is 0 Å². The number of piperidine rings is 1. The van der Waals surface area contributed by atoms with Crippen molar-refractivity contribution in [2.45, 2.75) is 44.1 Å². The van der Waals surface area contributed by atoms with Crippen LogP contribution in [0.2, 0.25) is 5.02 Å². The highest BCUT2D eigenvalue weighted by Gasteiger charge is 2.36. The summed E-state index contributed by atoms with van der Waals surface area (Å²) >= 11 is 6.30. The number of pyridine rings is 1. The minimum Gasteiger partial charge on any atom is -0.385 e. The first-order valence-corrected chi connectivity index (χ1v) is 9.64. The van der Waals surface area contributed by atoms with E-state index < -0.39 is 5.60 Å². The lowest BCUT2D eigenvalue weighted by molar-refractivity contribution is 0.0117. The molecule has 0 saturated carbocycles. The third-order valence-corrected chi connectivity index (χ3v) is 6.00. The Morgan fingerprint density at radius 1 is 1.15 bits per heavy atom. The predicted octanol–water partition coefficient (Wildman–Crippen LogP) is 3.97. The van der Waals surface area contributed by atoms with E-state index in [-0.39, 0.29) is 0 Å². The van der Waals surface area contributed by atoms with Crippen molar-refractivity contribution in [1.82, 2.24) is 4.98 Å². The fourth-order valence-electron chi connectivity index (χ4n) is 4.14. The van der Waals surface area contributed by atoms with Gasteiger partial charge in [0.25, 0.3) is 0 Å². The van der Waals surface area contributed by atoms with E-state index in [1.165, 1.54) is 12.0 Å². The SMILES string of the molecule is N#Cc1cc2c(nc1N1CCC(O)(c3ccccc3Cl)CC1)CCCC2. The minimum absolute atomic E-state index is 0.570. The summed E-state index contributed by atoms with van der Waals surface area (Å²) in [4.78, 5) is 6.98. The van der Waals surface area contributed by atoms with E-state index in [1.54, 1.807) is 0 Å². The van der Waals surface area contributed by atoms with Crippen molar-refractivity contribution < 1.29 is 5.11 Å². The largest absolute Gasteiger partial charge is 0.385 e. The van der Waals surface area contributed by atoms with Gasteiger partial charge in [-0.3, -0.25) is 0 Å². The number of aromatic nitrogens is 1. The van der Waals surface area contributed by atoms with Crippen LogP contribution in [0.15, 0.2) is 30.3 Å². The highest BCUT2D eigenvalue weighted by molar-refractivity contribution is 6.31. The van der Waals surface area contributed by atoms with Crippen LogP contribution in [0.5, 0.6) is 0 Å². The highest BCUT2D eigenvalue weighted by atomic mass is 35.5. The Kier molecular flexibility index (Phi) is 4.60. The molecule has 1 aromatic carbocycles. The van der Waals surface area contributed by atoms with Crippen LogP contribution in [-0.2, 0) is 18.4 Å². The van der Waals surface area contributed by atoms with Gasteiger partial charge in [0, 0.05) is 29.4 Å². The Hall–Kier alpha value is -2.09. The van der Waals surface area contributed by atoms with Crippen LogP contribution in [0.4, 0.5) is 5.82 Å². The van der Waals surface area contributed by atoms with Gasteiger partial charge in [-0.25, -0.2) is 4.98 Å². The fourth-order valence-corrected chi connectivity index (χ4v) is 4.45. The van der Waals surface area contributed by atoms with Gasteiger partial charge in [-0.2, -0.15) is 5.26 Å².